The van der Waals surface area contributed by atoms with E-state index in [0.29, 0.717) is 5.71 Å². The Morgan fingerprint density at radius 3 is 2.36 bits per heavy atom. The van der Waals surface area contributed by atoms with Gasteiger partial charge in [0.1, 0.15) is 0 Å². The zero-order valence-corrected chi connectivity index (χ0v) is 15.2. The number of amides is 2. The summed E-state index contributed by atoms with van der Waals surface area (Å²) >= 11 is 0. The Morgan fingerprint density at radius 1 is 1.12 bits per heavy atom. The number of hydrogen-bond donors (Lipinski definition) is 2. The fourth-order valence-electron chi connectivity index (χ4n) is 2.91. The molecule has 6 heteroatoms. The van der Waals surface area contributed by atoms with Crippen molar-refractivity contribution < 1.29 is 14.4 Å². The van der Waals surface area contributed by atoms with Crippen molar-refractivity contribution in [1.29, 1.82) is 0 Å². The molecule has 1 aliphatic rings. The highest BCUT2D eigenvalue weighted by Crippen LogP contribution is 2.23. The third-order valence-corrected chi connectivity index (χ3v) is 4.40. The highest BCUT2D eigenvalue weighted by molar-refractivity contribution is 5.99. The van der Waals surface area contributed by atoms with Crippen LogP contribution in [0.1, 0.15) is 52.0 Å². The van der Waals surface area contributed by atoms with Crippen molar-refractivity contribution in [1.82, 2.24) is 5.32 Å². The molecular weight excluding hydrogens is 318 g/mol. The molecular formula is C19H27N3O3. The molecule has 0 saturated heterocycles. The lowest BCUT2D eigenvalue weighted by Gasteiger charge is -2.26. The largest absolute Gasteiger partial charge is 0.385 e. The molecule has 0 heterocycles. The summed E-state index contributed by atoms with van der Waals surface area (Å²) in [7, 11) is 0. The lowest BCUT2D eigenvalue weighted by molar-refractivity contribution is -0.126. The SMILES string of the molecule is CC(=O)Nc1ccc(/C(C)=N/OCC(=O)NC2CCC(C)CC2)cc1. The van der Waals surface area contributed by atoms with Crippen LogP contribution in [0.4, 0.5) is 5.69 Å². The number of oxime groups is 1. The van der Waals surface area contributed by atoms with E-state index in [2.05, 4.69) is 22.7 Å². The Bertz CT molecular complexity index is 617. The van der Waals surface area contributed by atoms with Crippen molar-refractivity contribution in [3.8, 4) is 0 Å². The molecule has 0 spiro atoms. The molecule has 2 N–H and O–H groups in total. The summed E-state index contributed by atoms with van der Waals surface area (Å²) < 4.78 is 0. The molecule has 2 amide bonds. The maximum Gasteiger partial charge on any atom is 0.260 e. The second kappa shape index (κ2) is 9.20. The first-order valence-corrected chi connectivity index (χ1v) is 8.78. The van der Waals surface area contributed by atoms with Gasteiger partial charge in [-0.25, -0.2) is 0 Å². The molecule has 25 heavy (non-hydrogen) atoms. The third-order valence-electron chi connectivity index (χ3n) is 4.40. The molecule has 2 rings (SSSR count). The summed E-state index contributed by atoms with van der Waals surface area (Å²) in [6, 6.07) is 7.55. The van der Waals surface area contributed by atoms with Gasteiger partial charge in [0.15, 0.2) is 6.61 Å². The normalized spacial score (nSPS) is 20.7. The molecule has 1 aromatic rings. The number of carbonyl (C=O) groups is 2. The fraction of sp³-hybridized carbons (Fsp3) is 0.526. The summed E-state index contributed by atoms with van der Waals surface area (Å²) in [5, 5.41) is 9.71. The van der Waals surface area contributed by atoms with Crippen LogP contribution in [0.5, 0.6) is 0 Å². The van der Waals surface area contributed by atoms with E-state index >= 15 is 0 Å². The van der Waals surface area contributed by atoms with Gasteiger partial charge in [-0.2, -0.15) is 0 Å². The van der Waals surface area contributed by atoms with Crippen LogP contribution in [0.15, 0.2) is 29.4 Å². The molecule has 0 aromatic heterocycles. The second-order valence-corrected chi connectivity index (χ2v) is 6.73. The van der Waals surface area contributed by atoms with E-state index in [0.717, 1.165) is 42.9 Å². The zero-order chi connectivity index (χ0) is 18.2. The summed E-state index contributed by atoms with van der Waals surface area (Å²) in [6.45, 7) is 5.45. The van der Waals surface area contributed by atoms with Crippen LogP contribution in [-0.4, -0.2) is 30.2 Å². The first-order chi connectivity index (χ1) is 11.9. The molecule has 0 unspecified atom stereocenters. The van der Waals surface area contributed by atoms with Crippen LogP contribution in [-0.2, 0) is 14.4 Å². The molecule has 0 radical (unpaired) electrons. The van der Waals surface area contributed by atoms with Gasteiger partial charge in [-0.1, -0.05) is 24.2 Å². The smallest absolute Gasteiger partial charge is 0.260 e. The minimum absolute atomic E-state index is 0.0760. The van der Waals surface area contributed by atoms with Crippen LogP contribution < -0.4 is 10.6 Å². The number of nitrogens with one attached hydrogen (secondary N) is 2. The second-order valence-electron chi connectivity index (χ2n) is 6.73. The van der Waals surface area contributed by atoms with Gasteiger partial charge in [0.25, 0.3) is 5.91 Å². The number of benzene rings is 1. The topological polar surface area (TPSA) is 79.8 Å². The third kappa shape index (κ3) is 6.57. The molecule has 0 bridgehead atoms. The molecule has 1 saturated carbocycles. The summed E-state index contributed by atoms with van der Waals surface area (Å²) in [6.07, 6.45) is 4.40. The molecule has 136 valence electrons. The standard InChI is InChI=1S/C19H27N3O3/c1-13-4-8-18(9-5-13)21-19(24)12-25-22-14(2)16-6-10-17(11-7-16)20-15(3)23/h6-7,10-11,13,18H,4-5,8-9,12H2,1-3H3,(H,20,23)(H,21,24)/b22-14+. The lowest BCUT2D eigenvalue weighted by Crippen LogP contribution is -2.39. The molecule has 0 aliphatic heterocycles. The zero-order valence-electron chi connectivity index (χ0n) is 15.2. The van der Waals surface area contributed by atoms with E-state index in [4.69, 9.17) is 4.84 Å². The van der Waals surface area contributed by atoms with Crippen molar-refractivity contribution >= 4 is 23.2 Å². The van der Waals surface area contributed by atoms with Gasteiger partial charge in [-0.05, 0) is 56.2 Å². The van der Waals surface area contributed by atoms with Gasteiger partial charge in [0, 0.05) is 18.7 Å². The van der Waals surface area contributed by atoms with Crippen LogP contribution in [0, 0.1) is 5.92 Å². The number of anilines is 1. The van der Waals surface area contributed by atoms with E-state index in [1.165, 1.54) is 6.92 Å². The quantitative estimate of drug-likeness (QED) is 0.614. The number of carbonyl (C=O) groups excluding carboxylic acids is 2. The number of hydrogen-bond acceptors (Lipinski definition) is 4. The Labute approximate surface area is 149 Å². The Hall–Kier alpha value is -2.37. The molecule has 1 fully saturated rings. The molecule has 6 nitrogen and oxygen atoms in total. The fourth-order valence-corrected chi connectivity index (χ4v) is 2.91. The molecule has 1 aliphatic carbocycles. The van der Waals surface area contributed by atoms with Crippen LogP contribution in [0.2, 0.25) is 0 Å². The summed E-state index contributed by atoms with van der Waals surface area (Å²) in [5.41, 5.74) is 2.27. The predicted octanol–water partition coefficient (Wildman–Crippen LogP) is 3.08. The van der Waals surface area contributed by atoms with Crippen molar-refractivity contribution in [2.75, 3.05) is 11.9 Å². The number of rotatable bonds is 6. The highest BCUT2D eigenvalue weighted by atomic mass is 16.6. The first kappa shape index (κ1) is 19.0. The Kier molecular flexibility index (Phi) is 6.98. The predicted molar refractivity (Wildman–Crippen MR) is 98.5 cm³/mol. The molecule has 1 aromatic carbocycles. The summed E-state index contributed by atoms with van der Waals surface area (Å²) in [4.78, 5) is 28.1. The van der Waals surface area contributed by atoms with Crippen LogP contribution in [0.25, 0.3) is 0 Å². The van der Waals surface area contributed by atoms with E-state index in [1.54, 1.807) is 12.1 Å². The van der Waals surface area contributed by atoms with Gasteiger partial charge in [-0.3, -0.25) is 9.59 Å². The molecule has 0 atom stereocenters. The monoisotopic (exact) mass is 345 g/mol. The van der Waals surface area contributed by atoms with Gasteiger partial charge in [-0.15, -0.1) is 0 Å². The average Bonchev–Trinajstić information content (AvgIpc) is 2.57. The van der Waals surface area contributed by atoms with Crippen LogP contribution >= 0.6 is 0 Å². The van der Waals surface area contributed by atoms with Gasteiger partial charge >= 0.3 is 0 Å². The highest BCUT2D eigenvalue weighted by Gasteiger charge is 2.19. The minimum Gasteiger partial charge on any atom is -0.385 e. The van der Waals surface area contributed by atoms with Gasteiger partial charge < -0.3 is 15.5 Å². The lowest BCUT2D eigenvalue weighted by atomic mass is 9.87. The van der Waals surface area contributed by atoms with Gasteiger partial charge in [0.05, 0.1) is 5.71 Å². The van der Waals surface area contributed by atoms with E-state index < -0.39 is 0 Å². The van der Waals surface area contributed by atoms with Crippen molar-refractivity contribution in [2.24, 2.45) is 11.1 Å². The minimum atomic E-state index is -0.128. The first-order valence-electron chi connectivity index (χ1n) is 8.78. The van der Waals surface area contributed by atoms with Gasteiger partial charge in [0.2, 0.25) is 5.91 Å². The Morgan fingerprint density at radius 2 is 1.76 bits per heavy atom. The van der Waals surface area contributed by atoms with Crippen molar-refractivity contribution in [2.45, 2.75) is 52.5 Å². The Balaban J connectivity index is 1.76. The van der Waals surface area contributed by atoms with Crippen molar-refractivity contribution in [3.05, 3.63) is 29.8 Å². The maximum atomic E-state index is 11.9. The van der Waals surface area contributed by atoms with Crippen molar-refractivity contribution in [3.63, 3.8) is 0 Å². The van der Waals surface area contributed by atoms with E-state index in [1.807, 2.05) is 19.1 Å². The van der Waals surface area contributed by atoms with Crippen LogP contribution in [0.3, 0.4) is 0 Å². The number of nitrogens with zero attached hydrogens (tertiary/aromatic N) is 1. The maximum absolute atomic E-state index is 11.9. The average molecular weight is 345 g/mol. The van der Waals surface area contributed by atoms with E-state index in [9.17, 15) is 9.59 Å². The van der Waals surface area contributed by atoms with E-state index in [-0.39, 0.29) is 24.5 Å². The summed E-state index contributed by atoms with van der Waals surface area (Å²) in [5.74, 6) is 0.519.